The molecule has 2 rings (SSSR count). The minimum atomic E-state index is -0.225. The number of carbonyl (C=O) groups excluding carboxylic acids is 2. The van der Waals surface area contributed by atoms with Crippen molar-refractivity contribution in [1.29, 1.82) is 0 Å². The summed E-state index contributed by atoms with van der Waals surface area (Å²) in [6.07, 6.45) is 0. The first-order chi connectivity index (χ1) is 13.5. The molecular weight excluding hydrogens is 360 g/mol. The smallest absolute Gasteiger partial charge is 0.258 e. The Labute approximate surface area is 165 Å². The first kappa shape index (κ1) is 21.1. The molecule has 0 atom stereocenters. The second kappa shape index (κ2) is 10.8. The molecule has 7 nitrogen and oxygen atoms in total. The largest absolute Gasteiger partial charge is 0.493 e. The number of hydrogen-bond donors (Lipinski definition) is 2. The van der Waals surface area contributed by atoms with Crippen LogP contribution >= 0.6 is 0 Å². The predicted octanol–water partition coefficient (Wildman–Crippen LogP) is 2.21. The number of hydrogen-bond acceptors (Lipinski definition) is 5. The topological polar surface area (TPSA) is 85.9 Å². The monoisotopic (exact) mass is 386 g/mol. The maximum absolute atomic E-state index is 12.0. The van der Waals surface area contributed by atoms with Crippen LogP contribution in [0.15, 0.2) is 42.5 Å². The number of likely N-dealkylation sites (N-methyl/N-ethyl adjacent to an activating group) is 1. The van der Waals surface area contributed by atoms with Crippen LogP contribution in [0.1, 0.15) is 18.1 Å². The van der Waals surface area contributed by atoms with Gasteiger partial charge in [0.25, 0.3) is 11.8 Å². The summed E-state index contributed by atoms with van der Waals surface area (Å²) >= 11 is 0. The normalized spacial score (nSPS) is 10.1. The van der Waals surface area contributed by atoms with E-state index in [9.17, 15) is 9.59 Å². The maximum atomic E-state index is 12.0. The third-order valence-corrected chi connectivity index (χ3v) is 3.81. The molecule has 28 heavy (non-hydrogen) atoms. The average molecular weight is 386 g/mol. The number of nitrogens with one attached hydrogen (secondary N) is 2. The predicted molar refractivity (Wildman–Crippen MR) is 106 cm³/mol. The van der Waals surface area contributed by atoms with Gasteiger partial charge in [0.1, 0.15) is 5.75 Å². The molecule has 0 radical (unpaired) electrons. The lowest BCUT2D eigenvalue weighted by Crippen LogP contribution is -2.28. The van der Waals surface area contributed by atoms with Gasteiger partial charge in [0, 0.05) is 13.1 Å². The van der Waals surface area contributed by atoms with Gasteiger partial charge in [-0.1, -0.05) is 18.2 Å². The van der Waals surface area contributed by atoms with E-state index in [1.54, 1.807) is 18.2 Å². The Morgan fingerprint density at radius 3 is 2.39 bits per heavy atom. The number of carbonyl (C=O) groups is 2. The van der Waals surface area contributed by atoms with Crippen LogP contribution in [0.2, 0.25) is 0 Å². The summed E-state index contributed by atoms with van der Waals surface area (Å²) in [5.41, 5.74) is 1.91. The van der Waals surface area contributed by atoms with Crippen LogP contribution < -0.4 is 24.8 Å². The van der Waals surface area contributed by atoms with E-state index in [4.69, 9.17) is 14.2 Å². The van der Waals surface area contributed by atoms with Crippen molar-refractivity contribution in [1.82, 2.24) is 10.6 Å². The summed E-state index contributed by atoms with van der Waals surface area (Å²) in [6.45, 7) is 4.52. The lowest BCUT2D eigenvalue weighted by Gasteiger charge is -2.13. The molecule has 0 aliphatic carbocycles. The molecule has 0 aromatic heterocycles. The zero-order chi connectivity index (χ0) is 20.4. The first-order valence-corrected chi connectivity index (χ1v) is 9.04. The van der Waals surface area contributed by atoms with Crippen LogP contribution in [-0.4, -0.2) is 38.7 Å². The number of benzene rings is 2. The van der Waals surface area contributed by atoms with Gasteiger partial charge in [-0.25, -0.2) is 0 Å². The molecule has 0 aliphatic heterocycles. The number of amides is 2. The minimum absolute atomic E-state index is 0.0612. The third-order valence-electron chi connectivity index (χ3n) is 3.81. The molecule has 2 aromatic carbocycles. The fourth-order valence-corrected chi connectivity index (χ4v) is 2.44. The van der Waals surface area contributed by atoms with Crippen molar-refractivity contribution in [2.75, 3.05) is 26.9 Å². The lowest BCUT2D eigenvalue weighted by molar-refractivity contribution is -0.123. The Hall–Kier alpha value is -3.22. The molecule has 0 bridgehead atoms. The highest BCUT2D eigenvalue weighted by atomic mass is 16.5. The van der Waals surface area contributed by atoms with E-state index in [2.05, 4.69) is 10.6 Å². The molecule has 2 aromatic rings. The minimum Gasteiger partial charge on any atom is -0.493 e. The summed E-state index contributed by atoms with van der Waals surface area (Å²) in [7, 11) is 1.52. The second-order valence-corrected chi connectivity index (χ2v) is 6.11. The van der Waals surface area contributed by atoms with Crippen molar-refractivity contribution in [3.63, 3.8) is 0 Å². The summed E-state index contributed by atoms with van der Waals surface area (Å²) in [5.74, 6) is 1.19. The first-order valence-electron chi connectivity index (χ1n) is 9.04. The molecule has 0 fully saturated rings. The van der Waals surface area contributed by atoms with Crippen LogP contribution in [0.4, 0.5) is 0 Å². The van der Waals surface area contributed by atoms with E-state index in [1.807, 2.05) is 38.1 Å². The molecular formula is C21H26N2O5. The standard InChI is InChI=1S/C21H26N2O5/c1-4-22-20(24)14-28-18-9-8-16(11-19(18)26-3)12-23-21(25)13-27-17-7-5-6-15(2)10-17/h5-11H,4,12-14H2,1-3H3,(H,22,24)(H,23,25). The zero-order valence-electron chi connectivity index (χ0n) is 16.4. The Bertz CT molecular complexity index is 807. The van der Waals surface area contributed by atoms with Crippen molar-refractivity contribution in [3.05, 3.63) is 53.6 Å². The van der Waals surface area contributed by atoms with Crippen LogP contribution in [0.3, 0.4) is 0 Å². The van der Waals surface area contributed by atoms with Gasteiger partial charge in [-0.2, -0.15) is 0 Å². The molecule has 0 unspecified atom stereocenters. The van der Waals surface area contributed by atoms with Gasteiger partial charge in [-0.05, 0) is 49.2 Å². The van der Waals surface area contributed by atoms with Crippen molar-refractivity contribution >= 4 is 11.8 Å². The number of aryl methyl sites for hydroxylation is 1. The van der Waals surface area contributed by atoms with Crippen molar-refractivity contribution in [3.8, 4) is 17.2 Å². The summed E-state index contributed by atoms with van der Waals surface area (Å²) < 4.78 is 16.3. The van der Waals surface area contributed by atoms with Gasteiger partial charge in [-0.3, -0.25) is 9.59 Å². The van der Waals surface area contributed by atoms with Crippen molar-refractivity contribution < 1.29 is 23.8 Å². The number of rotatable bonds is 10. The highest BCUT2D eigenvalue weighted by Crippen LogP contribution is 2.28. The molecule has 2 amide bonds. The molecule has 150 valence electrons. The van der Waals surface area contributed by atoms with Crippen LogP contribution in [0, 0.1) is 6.92 Å². The summed E-state index contributed by atoms with van der Waals surface area (Å²) in [5, 5.41) is 5.46. The Morgan fingerprint density at radius 1 is 0.929 bits per heavy atom. The Morgan fingerprint density at radius 2 is 1.68 bits per heavy atom. The zero-order valence-corrected chi connectivity index (χ0v) is 16.4. The second-order valence-electron chi connectivity index (χ2n) is 6.11. The molecule has 7 heteroatoms. The van der Waals surface area contributed by atoms with Crippen molar-refractivity contribution in [2.24, 2.45) is 0 Å². The fraction of sp³-hybridized carbons (Fsp3) is 0.333. The van der Waals surface area contributed by atoms with E-state index >= 15 is 0 Å². The SMILES string of the molecule is CCNC(=O)COc1ccc(CNC(=O)COc2cccc(C)c2)cc1OC. The van der Waals surface area contributed by atoms with Gasteiger partial charge < -0.3 is 24.8 Å². The third kappa shape index (κ3) is 6.83. The lowest BCUT2D eigenvalue weighted by atomic mass is 10.2. The number of ether oxygens (including phenoxy) is 3. The molecule has 0 aliphatic rings. The maximum Gasteiger partial charge on any atom is 0.258 e. The van der Waals surface area contributed by atoms with Gasteiger partial charge in [0.2, 0.25) is 0 Å². The van der Waals surface area contributed by atoms with Gasteiger partial charge in [0.15, 0.2) is 24.7 Å². The Balaban J connectivity index is 1.84. The van der Waals surface area contributed by atoms with Gasteiger partial charge in [0.05, 0.1) is 7.11 Å². The van der Waals surface area contributed by atoms with E-state index in [0.717, 1.165) is 11.1 Å². The quantitative estimate of drug-likeness (QED) is 0.654. The van der Waals surface area contributed by atoms with Gasteiger partial charge in [-0.15, -0.1) is 0 Å². The van der Waals surface area contributed by atoms with Crippen molar-refractivity contribution in [2.45, 2.75) is 20.4 Å². The van der Waals surface area contributed by atoms with Gasteiger partial charge >= 0.3 is 0 Å². The van der Waals surface area contributed by atoms with E-state index in [0.29, 0.717) is 30.3 Å². The van der Waals surface area contributed by atoms with E-state index in [-0.39, 0.29) is 25.0 Å². The van der Waals surface area contributed by atoms with Crippen LogP contribution in [0.5, 0.6) is 17.2 Å². The summed E-state index contributed by atoms with van der Waals surface area (Å²) in [4.78, 5) is 23.5. The highest BCUT2D eigenvalue weighted by Gasteiger charge is 2.09. The fourth-order valence-electron chi connectivity index (χ4n) is 2.44. The molecule has 0 saturated carbocycles. The molecule has 0 saturated heterocycles. The average Bonchev–Trinajstić information content (AvgIpc) is 2.69. The van der Waals surface area contributed by atoms with Crippen LogP contribution in [-0.2, 0) is 16.1 Å². The highest BCUT2D eigenvalue weighted by molar-refractivity contribution is 5.78. The van der Waals surface area contributed by atoms with Crippen LogP contribution in [0.25, 0.3) is 0 Å². The molecule has 0 spiro atoms. The van der Waals surface area contributed by atoms with E-state index < -0.39 is 0 Å². The van der Waals surface area contributed by atoms with E-state index in [1.165, 1.54) is 7.11 Å². The Kier molecular flexibility index (Phi) is 8.14. The summed E-state index contributed by atoms with van der Waals surface area (Å²) in [6, 6.07) is 12.8. The molecule has 0 heterocycles. The number of methoxy groups -OCH3 is 1. The molecule has 2 N–H and O–H groups in total.